The van der Waals surface area contributed by atoms with Gasteiger partial charge in [0.05, 0.1) is 21.2 Å². The molecule has 3 aromatic carbocycles. The van der Waals surface area contributed by atoms with Gasteiger partial charge in [0.2, 0.25) is 0 Å². The molecule has 0 radical (unpaired) electrons. The van der Waals surface area contributed by atoms with E-state index in [1.165, 1.54) is 31.3 Å². The van der Waals surface area contributed by atoms with Crippen molar-refractivity contribution < 1.29 is 39.1 Å². The summed E-state index contributed by atoms with van der Waals surface area (Å²) >= 11 is 0. The maximum Gasteiger partial charge on any atom is 0.433 e. The molecular weight excluding hydrogens is 672 g/mol. The summed E-state index contributed by atoms with van der Waals surface area (Å²) in [5.74, 6) is 0. The molecule has 3 heterocycles. The lowest BCUT2D eigenvalue weighted by atomic mass is 10.1. The summed E-state index contributed by atoms with van der Waals surface area (Å²) in [4.78, 5) is 4.38. The second kappa shape index (κ2) is 14.0. The number of benzene rings is 3. The Morgan fingerprint density at radius 2 is 1.15 bits per heavy atom. The molecule has 0 aliphatic carbocycles. The summed E-state index contributed by atoms with van der Waals surface area (Å²) in [6.45, 7) is 3.68. The van der Waals surface area contributed by atoms with Crippen molar-refractivity contribution in [2.24, 2.45) is 7.05 Å². The molecule has 4 N–H and O–H groups in total. The zero-order valence-electron chi connectivity index (χ0n) is 25.7. The van der Waals surface area contributed by atoms with Gasteiger partial charge >= 0.3 is 6.18 Å². The van der Waals surface area contributed by atoms with E-state index in [2.05, 4.69) is 10.1 Å². The van der Waals surface area contributed by atoms with E-state index < -0.39 is 32.1 Å². The van der Waals surface area contributed by atoms with Gasteiger partial charge in [-0.15, -0.1) is 0 Å². The minimum Gasteiger partial charge on any atom is -0.398 e. The largest absolute Gasteiger partial charge is 0.433 e. The van der Waals surface area contributed by atoms with Crippen LogP contribution >= 0.6 is 0 Å². The van der Waals surface area contributed by atoms with Gasteiger partial charge in [0.25, 0.3) is 20.2 Å². The van der Waals surface area contributed by atoms with Crippen LogP contribution in [0.5, 0.6) is 0 Å². The van der Waals surface area contributed by atoms with E-state index in [0.29, 0.717) is 11.3 Å². The third-order valence-electron chi connectivity index (χ3n) is 6.76. The third kappa shape index (κ3) is 9.28. The Kier molecular flexibility index (Phi) is 10.4. The van der Waals surface area contributed by atoms with Gasteiger partial charge in [0.15, 0.2) is 0 Å². The molecule has 6 rings (SSSR count). The van der Waals surface area contributed by atoms with Crippen LogP contribution in [0.2, 0.25) is 0 Å². The molecule has 16 heteroatoms. The fourth-order valence-corrected chi connectivity index (χ4v) is 5.21. The van der Waals surface area contributed by atoms with Gasteiger partial charge in [-0.1, -0.05) is 59.7 Å². The van der Waals surface area contributed by atoms with E-state index in [9.17, 15) is 30.0 Å². The number of nitrogens with two attached hydrogens (primary N) is 1. The lowest BCUT2D eigenvalue weighted by Gasteiger charge is -2.04. The molecule has 3 aromatic heterocycles. The summed E-state index contributed by atoms with van der Waals surface area (Å²) in [5.41, 5.74) is 10.8. The number of hydrogen-bond donors (Lipinski definition) is 3. The van der Waals surface area contributed by atoms with E-state index in [1.807, 2.05) is 42.6 Å². The standard InChI is InChI=1S/C18H14F3N5.2C7H8O3S/c1-25-16(18(19,20)21)8-14(24-25)11-2-4-12(5-3-11)15-10-26-9-13(22)6-7-17(26)23-15;2*1-6-2-4-7(5-3-6)11(8,9)10/h2-10H,22H2,1H3;2*2-5H,1H3,(H,8,9,10). The summed E-state index contributed by atoms with van der Waals surface area (Å²) < 4.78 is 101. The quantitative estimate of drug-likeness (QED) is 0.174. The predicted octanol–water partition coefficient (Wildman–Crippen LogP) is 6.49. The van der Waals surface area contributed by atoms with Gasteiger partial charge in [-0.25, -0.2) is 4.98 Å². The summed E-state index contributed by atoms with van der Waals surface area (Å²) in [5, 5.41) is 3.96. The SMILES string of the molecule is Cc1ccc(S(=O)(=O)O)cc1.Cc1ccc(S(=O)(=O)O)cc1.Cn1nc(-c2ccc(-c3cn4cc(N)ccc4n3)cc2)cc1C(F)(F)F. The first-order valence-electron chi connectivity index (χ1n) is 13.9. The van der Waals surface area contributed by atoms with Crippen molar-refractivity contribution in [3.8, 4) is 22.5 Å². The highest BCUT2D eigenvalue weighted by Gasteiger charge is 2.35. The highest BCUT2D eigenvalue weighted by Crippen LogP contribution is 2.32. The second-order valence-electron chi connectivity index (χ2n) is 10.5. The van der Waals surface area contributed by atoms with Gasteiger partial charge in [-0.3, -0.25) is 13.8 Å². The Balaban J connectivity index is 0.000000195. The molecule has 0 aliphatic rings. The number of hydrogen-bond acceptors (Lipinski definition) is 7. The molecule has 0 saturated heterocycles. The number of imidazole rings is 1. The fourth-order valence-electron chi connectivity index (χ4n) is 4.25. The average Bonchev–Trinajstić information content (AvgIpc) is 3.61. The number of rotatable bonds is 4. The van der Waals surface area contributed by atoms with E-state index in [0.717, 1.165) is 38.8 Å². The van der Waals surface area contributed by atoms with E-state index >= 15 is 0 Å². The van der Waals surface area contributed by atoms with Crippen molar-refractivity contribution in [2.75, 3.05) is 5.73 Å². The highest BCUT2D eigenvalue weighted by molar-refractivity contribution is 7.86. The molecule has 48 heavy (non-hydrogen) atoms. The van der Waals surface area contributed by atoms with Crippen LogP contribution in [0.3, 0.4) is 0 Å². The van der Waals surface area contributed by atoms with Crippen molar-refractivity contribution in [3.63, 3.8) is 0 Å². The maximum absolute atomic E-state index is 12.9. The van der Waals surface area contributed by atoms with Gasteiger partial charge in [0, 0.05) is 36.3 Å². The average molecular weight is 702 g/mol. The van der Waals surface area contributed by atoms with Gasteiger partial charge < -0.3 is 10.1 Å². The number of halogens is 3. The zero-order chi connectivity index (χ0) is 35.4. The number of fused-ring (bicyclic) bond motifs is 1. The monoisotopic (exact) mass is 701 g/mol. The highest BCUT2D eigenvalue weighted by atomic mass is 32.2. The van der Waals surface area contributed by atoms with Crippen LogP contribution in [0.1, 0.15) is 16.8 Å². The normalized spacial score (nSPS) is 11.8. The molecule has 0 saturated carbocycles. The minimum absolute atomic E-state index is 0.0666. The molecule has 0 atom stereocenters. The van der Waals surface area contributed by atoms with E-state index in [-0.39, 0.29) is 15.5 Å². The van der Waals surface area contributed by atoms with Crippen molar-refractivity contribution >= 4 is 31.6 Å². The Morgan fingerprint density at radius 1 is 0.688 bits per heavy atom. The number of aryl methyl sites for hydroxylation is 3. The minimum atomic E-state index is -4.43. The molecule has 6 aromatic rings. The molecule has 0 spiro atoms. The Labute approximate surface area is 274 Å². The van der Waals surface area contributed by atoms with Crippen LogP contribution in [0, 0.1) is 13.8 Å². The van der Waals surface area contributed by atoms with E-state index in [1.54, 1.807) is 48.7 Å². The molecular formula is C32H30F3N5O6S2. The van der Waals surface area contributed by atoms with Crippen LogP contribution in [0.4, 0.5) is 18.9 Å². The van der Waals surface area contributed by atoms with Gasteiger partial charge in [-0.05, 0) is 56.3 Å². The van der Waals surface area contributed by atoms with Gasteiger partial charge in [0.1, 0.15) is 11.3 Å². The van der Waals surface area contributed by atoms with Crippen molar-refractivity contribution in [3.05, 3.63) is 120 Å². The molecule has 0 amide bonds. The molecule has 11 nitrogen and oxygen atoms in total. The smallest absolute Gasteiger partial charge is 0.398 e. The number of nitrogens with zero attached hydrogens (tertiary/aromatic N) is 4. The summed E-state index contributed by atoms with van der Waals surface area (Å²) in [7, 11) is -6.76. The summed E-state index contributed by atoms with van der Waals surface area (Å²) in [6, 6.07) is 23.7. The zero-order valence-corrected chi connectivity index (χ0v) is 27.3. The lowest BCUT2D eigenvalue weighted by molar-refractivity contribution is -0.143. The fraction of sp³-hybridized carbons (Fsp3) is 0.125. The number of nitrogen functional groups attached to an aromatic ring is 1. The van der Waals surface area contributed by atoms with Crippen LogP contribution in [0.15, 0.2) is 113 Å². The molecule has 0 unspecified atom stereocenters. The van der Waals surface area contributed by atoms with Crippen molar-refractivity contribution in [1.82, 2.24) is 19.2 Å². The number of anilines is 1. The number of aromatic nitrogens is 4. The topological polar surface area (TPSA) is 170 Å². The number of pyridine rings is 1. The number of alkyl halides is 3. The first-order chi connectivity index (χ1) is 22.3. The predicted molar refractivity (Wildman–Crippen MR) is 174 cm³/mol. The van der Waals surface area contributed by atoms with Crippen LogP contribution in [-0.2, 0) is 33.5 Å². The van der Waals surface area contributed by atoms with Crippen LogP contribution in [0.25, 0.3) is 28.2 Å². The third-order valence-corrected chi connectivity index (χ3v) is 8.49. The van der Waals surface area contributed by atoms with Crippen molar-refractivity contribution in [2.45, 2.75) is 29.8 Å². The van der Waals surface area contributed by atoms with Gasteiger partial charge in [-0.2, -0.15) is 35.1 Å². The van der Waals surface area contributed by atoms with Crippen LogP contribution < -0.4 is 5.73 Å². The molecule has 0 fully saturated rings. The first kappa shape index (κ1) is 35.8. The van der Waals surface area contributed by atoms with Crippen molar-refractivity contribution in [1.29, 1.82) is 0 Å². The Morgan fingerprint density at radius 3 is 1.56 bits per heavy atom. The molecule has 0 bridgehead atoms. The van der Waals surface area contributed by atoms with Crippen LogP contribution in [-0.4, -0.2) is 45.1 Å². The molecule has 252 valence electrons. The summed E-state index contributed by atoms with van der Waals surface area (Å²) in [6.07, 6.45) is -0.811. The Bertz CT molecular complexity index is 2180. The Hall–Kier alpha value is -5.03. The lowest BCUT2D eigenvalue weighted by Crippen LogP contribution is -2.11. The second-order valence-corrected chi connectivity index (χ2v) is 13.4. The van der Waals surface area contributed by atoms with E-state index in [4.69, 9.17) is 14.8 Å². The molecule has 0 aliphatic heterocycles. The maximum atomic E-state index is 12.9. The first-order valence-corrected chi connectivity index (χ1v) is 16.7.